The molecule has 0 aromatic heterocycles. The lowest BCUT2D eigenvalue weighted by Gasteiger charge is -2.11. The Kier molecular flexibility index (Phi) is 3.55. The Labute approximate surface area is 109 Å². The number of hydrogen-bond acceptors (Lipinski definition) is 1. The number of amides is 1. The average molecular weight is 243 g/mol. The summed E-state index contributed by atoms with van der Waals surface area (Å²) in [4.78, 5) is 11.8. The average Bonchev–Trinajstić information content (AvgIpc) is 3.10. The predicted octanol–water partition coefficient (Wildman–Crippen LogP) is 3.64. The molecule has 2 heteroatoms. The van der Waals surface area contributed by atoms with E-state index in [1.54, 1.807) is 0 Å². The van der Waals surface area contributed by atoms with Crippen LogP contribution in [-0.2, 0) is 0 Å². The van der Waals surface area contributed by atoms with Crippen molar-refractivity contribution in [1.29, 1.82) is 0 Å². The molecule has 0 spiro atoms. The second kappa shape index (κ2) is 4.97. The van der Waals surface area contributed by atoms with E-state index in [1.165, 1.54) is 0 Å². The Morgan fingerprint density at radius 3 is 2.33 bits per heavy atom. The number of carbonyl (C=O) groups is 1. The summed E-state index contributed by atoms with van der Waals surface area (Å²) < 4.78 is 0. The molecule has 0 unspecified atom stereocenters. The van der Waals surface area contributed by atoms with Gasteiger partial charge in [0, 0.05) is 11.6 Å². The van der Waals surface area contributed by atoms with E-state index in [9.17, 15) is 4.79 Å². The maximum atomic E-state index is 11.8. The fourth-order valence-corrected chi connectivity index (χ4v) is 1.59. The van der Waals surface area contributed by atoms with E-state index < -0.39 is 0 Å². The van der Waals surface area contributed by atoms with Crippen LogP contribution in [0.4, 0.5) is 0 Å². The van der Waals surface area contributed by atoms with Crippen LogP contribution in [0.1, 0.15) is 49.5 Å². The van der Waals surface area contributed by atoms with Crippen LogP contribution in [0.2, 0.25) is 0 Å². The largest absolute Gasteiger partial charge is 0.349 e. The summed E-state index contributed by atoms with van der Waals surface area (Å²) in [6, 6.07) is 8.17. The molecule has 1 saturated carbocycles. The molecule has 96 valence electrons. The Bertz CT molecular complexity index is 447. The minimum Gasteiger partial charge on any atom is -0.349 e. The van der Waals surface area contributed by atoms with Crippen molar-refractivity contribution < 1.29 is 4.79 Å². The van der Waals surface area contributed by atoms with Crippen LogP contribution in [-0.4, -0.2) is 11.9 Å². The number of hydrogen-bond donors (Lipinski definition) is 1. The van der Waals surface area contributed by atoms with Crippen LogP contribution in [0, 0.1) is 5.41 Å². The molecule has 0 saturated heterocycles. The van der Waals surface area contributed by atoms with E-state index >= 15 is 0 Å². The first-order valence-electron chi connectivity index (χ1n) is 6.54. The molecule has 0 aliphatic heterocycles. The number of allylic oxidation sites excluding steroid dienone is 1. The minimum absolute atomic E-state index is 0.0452. The third kappa shape index (κ3) is 4.02. The maximum Gasteiger partial charge on any atom is 0.251 e. The van der Waals surface area contributed by atoms with Gasteiger partial charge in [0.15, 0.2) is 0 Å². The van der Waals surface area contributed by atoms with Gasteiger partial charge in [-0.2, -0.15) is 0 Å². The van der Waals surface area contributed by atoms with Gasteiger partial charge in [-0.1, -0.05) is 45.1 Å². The molecule has 18 heavy (non-hydrogen) atoms. The van der Waals surface area contributed by atoms with E-state index in [4.69, 9.17) is 0 Å². The van der Waals surface area contributed by atoms with Gasteiger partial charge in [-0.3, -0.25) is 4.79 Å². The SMILES string of the molecule is CC(C)(C)C=Cc1ccc(C(=O)NC2CC2)cc1. The third-order valence-electron chi connectivity index (χ3n) is 2.86. The second-order valence-corrected chi connectivity index (χ2v) is 6.07. The number of nitrogens with one attached hydrogen (secondary N) is 1. The first-order chi connectivity index (χ1) is 8.44. The number of rotatable bonds is 3. The Morgan fingerprint density at radius 1 is 1.22 bits per heavy atom. The first-order valence-corrected chi connectivity index (χ1v) is 6.54. The molecule has 2 rings (SSSR count). The van der Waals surface area contributed by atoms with E-state index in [2.05, 4.69) is 38.2 Å². The molecule has 0 heterocycles. The van der Waals surface area contributed by atoms with Crippen molar-refractivity contribution in [3.8, 4) is 0 Å². The Hall–Kier alpha value is -1.57. The van der Waals surface area contributed by atoms with E-state index in [-0.39, 0.29) is 11.3 Å². The molecule has 1 aliphatic carbocycles. The van der Waals surface area contributed by atoms with Gasteiger partial charge in [0.2, 0.25) is 0 Å². The van der Waals surface area contributed by atoms with Crippen molar-refractivity contribution in [2.24, 2.45) is 5.41 Å². The van der Waals surface area contributed by atoms with Crippen LogP contribution in [0.3, 0.4) is 0 Å². The van der Waals surface area contributed by atoms with Crippen LogP contribution in [0.5, 0.6) is 0 Å². The molecule has 0 atom stereocenters. The van der Waals surface area contributed by atoms with Crippen molar-refractivity contribution in [3.63, 3.8) is 0 Å². The summed E-state index contributed by atoms with van der Waals surface area (Å²) >= 11 is 0. The van der Waals surface area contributed by atoms with E-state index in [0.717, 1.165) is 24.0 Å². The van der Waals surface area contributed by atoms with Crippen molar-refractivity contribution in [1.82, 2.24) is 5.32 Å². The number of carbonyl (C=O) groups excluding carboxylic acids is 1. The highest BCUT2D eigenvalue weighted by Crippen LogP contribution is 2.20. The number of benzene rings is 1. The smallest absolute Gasteiger partial charge is 0.251 e. The van der Waals surface area contributed by atoms with Gasteiger partial charge in [-0.15, -0.1) is 0 Å². The van der Waals surface area contributed by atoms with Gasteiger partial charge >= 0.3 is 0 Å². The quantitative estimate of drug-likeness (QED) is 0.862. The van der Waals surface area contributed by atoms with Crippen molar-refractivity contribution in [2.75, 3.05) is 0 Å². The zero-order chi connectivity index (χ0) is 13.2. The second-order valence-electron chi connectivity index (χ2n) is 6.07. The standard InChI is InChI=1S/C16H21NO/c1-16(2,3)11-10-12-4-6-13(7-5-12)15(18)17-14-8-9-14/h4-7,10-11,14H,8-9H2,1-3H3,(H,17,18). The van der Waals surface area contributed by atoms with Crippen LogP contribution >= 0.6 is 0 Å². The molecule has 1 amide bonds. The van der Waals surface area contributed by atoms with Crippen molar-refractivity contribution in [3.05, 3.63) is 41.5 Å². The van der Waals surface area contributed by atoms with Crippen LogP contribution in [0.15, 0.2) is 30.3 Å². The first kappa shape index (κ1) is 12.9. The molecule has 1 N–H and O–H groups in total. The molecule has 1 aromatic carbocycles. The Morgan fingerprint density at radius 2 is 1.83 bits per heavy atom. The van der Waals surface area contributed by atoms with Gasteiger partial charge < -0.3 is 5.32 Å². The summed E-state index contributed by atoms with van der Waals surface area (Å²) in [5.74, 6) is 0.0452. The zero-order valence-corrected chi connectivity index (χ0v) is 11.4. The molecule has 2 nitrogen and oxygen atoms in total. The van der Waals surface area contributed by atoms with Gasteiger partial charge in [-0.25, -0.2) is 0 Å². The predicted molar refractivity (Wildman–Crippen MR) is 75.4 cm³/mol. The minimum atomic E-state index is 0.0452. The van der Waals surface area contributed by atoms with Gasteiger partial charge in [0.25, 0.3) is 5.91 Å². The topological polar surface area (TPSA) is 29.1 Å². The summed E-state index contributed by atoms with van der Waals surface area (Å²) in [6.45, 7) is 6.50. The van der Waals surface area contributed by atoms with Crippen molar-refractivity contribution >= 4 is 12.0 Å². The Balaban J connectivity index is 2.00. The van der Waals surface area contributed by atoms with Crippen LogP contribution in [0.25, 0.3) is 6.08 Å². The van der Waals surface area contributed by atoms with E-state index in [0.29, 0.717) is 6.04 Å². The highest BCUT2D eigenvalue weighted by atomic mass is 16.1. The van der Waals surface area contributed by atoms with Crippen LogP contribution < -0.4 is 5.32 Å². The third-order valence-corrected chi connectivity index (χ3v) is 2.86. The molecule has 0 bridgehead atoms. The molecule has 1 aromatic rings. The lowest BCUT2D eigenvalue weighted by atomic mass is 9.95. The molecular formula is C16H21NO. The highest BCUT2D eigenvalue weighted by Gasteiger charge is 2.23. The summed E-state index contributed by atoms with van der Waals surface area (Å²) in [7, 11) is 0. The highest BCUT2D eigenvalue weighted by molar-refractivity contribution is 5.94. The maximum absolute atomic E-state index is 11.8. The summed E-state index contributed by atoms with van der Waals surface area (Å²) in [5.41, 5.74) is 2.06. The lowest BCUT2D eigenvalue weighted by molar-refractivity contribution is 0.0951. The van der Waals surface area contributed by atoms with Crippen molar-refractivity contribution in [2.45, 2.75) is 39.7 Å². The fourth-order valence-electron chi connectivity index (χ4n) is 1.59. The molecule has 0 radical (unpaired) electrons. The molecule has 1 aliphatic rings. The lowest BCUT2D eigenvalue weighted by Crippen LogP contribution is -2.25. The molecular weight excluding hydrogens is 222 g/mol. The van der Waals surface area contributed by atoms with Gasteiger partial charge in [-0.05, 0) is 36.0 Å². The molecule has 1 fully saturated rings. The van der Waals surface area contributed by atoms with Gasteiger partial charge in [0.1, 0.15) is 0 Å². The van der Waals surface area contributed by atoms with Gasteiger partial charge in [0.05, 0.1) is 0 Å². The fraction of sp³-hybridized carbons (Fsp3) is 0.438. The monoisotopic (exact) mass is 243 g/mol. The summed E-state index contributed by atoms with van der Waals surface area (Å²) in [6.07, 6.45) is 6.52. The normalized spacial score (nSPS) is 15.9. The zero-order valence-electron chi connectivity index (χ0n) is 11.4. The summed E-state index contributed by atoms with van der Waals surface area (Å²) in [5, 5.41) is 2.99. The van der Waals surface area contributed by atoms with E-state index in [1.807, 2.05) is 24.3 Å².